The second-order valence-corrected chi connectivity index (χ2v) is 12.0. The Balaban J connectivity index is 1.69. The van der Waals surface area contributed by atoms with Crippen LogP contribution in [0.1, 0.15) is 25.0 Å². The largest absolute Gasteiger partial charge is 0.417 e. The first-order chi connectivity index (χ1) is 20.4. The number of piperazine rings is 1. The number of thioether (sulfide) groups is 1. The summed E-state index contributed by atoms with van der Waals surface area (Å²) in [5.41, 5.74) is 0.358. The Hall–Kier alpha value is -3.35. The molecule has 1 fully saturated rings. The zero-order chi connectivity index (χ0) is 31.1. The highest BCUT2D eigenvalue weighted by Crippen LogP contribution is 2.52. The molecule has 3 heterocycles. The number of amidine groups is 1. The van der Waals surface area contributed by atoms with Crippen LogP contribution in [-0.4, -0.2) is 85.3 Å². The van der Waals surface area contributed by atoms with Gasteiger partial charge < -0.3 is 24.8 Å². The van der Waals surface area contributed by atoms with Gasteiger partial charge >= 0.3 is 6.18 Å². The number of aliphatic imine (C=N–C) groups is 1. The van der Waals surface area contributed by atoms with Crippen molar-refractivity contribution in [3.05, 3.63) is 72.3 Å². The molecule has 0 aromatic heterocycles. The average molecular weight is 618 g/mol. The number of nitrogens with zero attached hydrogens (tertiary/aromatic N) is 4. The van der Waals surface area contributed by atoms with Crippen LogP contribution in [0.3, 0.4) is 0 Å². The van der Waals surface area contributed by atoms with E-state index in [4.69, 9.17) is 9.73 Å². The summed E-state index contributed by atoms with van der Waals surface area (Å²) in [5, 5.41) is 3.04. The molecule has 230 valence electrons. The molecule has 1 amide bonds. The van der Waals surface area contributed by atoms with E-state index in [0.29, 0.717) is 66.3 Å². The lowest BCUT2D eigenvalue weighted by atomic mass is 9.93. The second kappa shape index (κ2) is 12.3. The molecular weight excluding hydrogens is 582 g/mol. The van der Waals surface area contributed by atoms with E-state index in [1.807, 2.05) is 30.7 Å². The van der Waals surface area contributed by atoms with E-state index in [1.165, 1.54) is 42.1 Å². The van der Waals surface area contributed by atoms with Crippen LogP contribution in [0.25, 0.3) is 11.1 Å². The minimum absolute atomic E-state index is 0.00527. The third-order valence-electron chi connectivity index (χ3n) is 7.90. The average Bonchev–Trinajstić information content (AvgIpc) is 3.15. The second-order valence-electron chi connectivity index (χ2n) is 11.0. The maximum atomic E-state index is 14.9. The van der Waals surface area contributed by atoms with Gasteiger partial charge in [0.15, 0.2) is 0 Å². The Kier molecular flexibility index (Phi) is 8.92. The van der Waals surface area contributed by atoms with Crippen molar-refractivity contribution in [2.45, 2.75) is 43.1 Å². The van der Waals surface area contributed by atoms with Gasteiger partial charge in [-0.25, -0.2) is 9.38 Å². The molecule has 3 unspecified atom stereocenters. The summed E-state index contributed by atoms with van der Waals surface area (Å²) in [4.78, 5) is 23.3. The lowest BCUT2D eigenvalue weighted by molar-refractivity contribution is -0.137. The molecule has 7 nitrogen and oxygen atoms in total. The first kappa shape index (κ1) is 31.1. The van der Waals surface area contributed by atoms with Gasteiger partial charge in [0.05, 0.1) is 30.5 Å². The lowest BCUT2D eigenvalue weighted by Gasteiger charge is -2.46. The molecule has 5 rings (SSSR count). The molecule has 2 aromatic carbocycles. The van der Waals surface area contributed by atoms with Crippen molar-refractivity contribution in [3.63, 3.8) is 0 Å². The van der Waals surface area contributed by atoms with Crippen LogP contribution in [-0.2, 0) is 15.7 Å². The quantitative estimate of drug-likeness (QED) is 0.268. The highest BCUT2D eigenvalue weighted by molar-refractivity contribution is 7.99. The van der Waals surface area contributed by atoms with Crippen molar-refractivity contribution in [3.8, 4) is 11.1 Å². The topological polar surface area (TPSA) is 60.4 Å². The number of benzene rings is 2. The van der Waals surface area contributed by atoms with Crippen molar-refractivity contribution in [2.75, 3.05) is 50.5 Å². The van der Waals surface area contributed by atoms with Gasteiger partial charge in [-0.3, -0.25) is 4.79 Å². The van der Waals surface area contributed by atoms with E-state index >= 15 is 0 Å². The summed E-state index contributed by atoms with van der Waals surface area (Å²) in [5.74, 6) is 0.449. The van der Waals surface area contributed by atoms with Crippen LogP contribution >= 0.6 is 11.8 Å². The lowest BCUT2D eigenvalue weighted by Crippen LogP contribution is -2.60. The fourth-order valence-electron chi connectivity index (χ4n) is 6.06. The summed E-state index contributed by atoms with van der Waals surface area (Å²) in [6.07, 6.45) is -3.74. The Morgan fingerprint density at radius 2 is 1.86 bits per heavy atom. The monoisotopic (exact) mass is 617 g/mol. The molecule has 1 saturated heterocycles. The normalized spacial score (nSPS) is 22.2. The predicted molar refractivity (Wildman–Crippen MR) is 162 cm³/mol. The fourth-order valence-corrected chi connectivity index (χ4v) is 7.34. The van der Waals surface area contributed by atoms with Crippen molar-refractivity contribution in [1.29, 1.82) is 0 Å². The summed E-state index contributed by atoms with van der Waals surface area (Å²) in [6.45, 7) is 13.8. The molecule has 0 spiro atoms. The fraction of sp³-hybridized carbons (Fsp3) is 0.419. The SMILES string of the molecule is C=CC(=O)N1C(C)CN(C2=NC(=C)N3CC(OCCNC)CSc4c(-c5ccc(F)cc5)c(C(F)(F)F)cc2c43)CC1C. The van der Waals surface area contributed by atoms with Gasteiger partial charge in [-0.2, -0.15) is 13.2 Å². The third kappa shape index (κ3) is 6.05. The summed E-state index contributed by atoms with van der Waals surface area (Å²) in [6, 6.07) is 5.79. The molecule has 3 atom stereocenters. The van der Waals surface area contributed by atoms with Gasteiger partial charge in [0.2, 0.25) is 5.91 Å². The number of ether oxygens (including phenoxy) is 1. The number of alkyl halides is 3. The number of likely N-dealkylation sites (N-methyl/N-ethyl adjacent to an activating group) is 1. The number of anilines is 1. The van der Waals surface area contributed by atoms with Crippen molar-refractivity contribution < 1.29 is 27.1 Å². The standard InChI is InChI=1S/C31H35F4N5O2S/c1-6-26(41)40-18(2)14-38(15-19(40)3)30-24-13-25(31(33,34)35)27(21-7-9-22(32)10-8-21)29-28(24)39(20(4)37-30)16-23(17-43-29)42-12-11-36-5/h6-10,13,18-19,23,36H,1,4,11-12,14-17H2,2-3,5H3. The number of amides is 1. The van der Waals surface area contributed by atoms with E-state index < -0.39 is 17.6 Å². The van der Waals surface area contributed by atoms with Crippen molar-refractivity contribution >= 4 is 29.2 Å². The van der Waals surface area contributed by atoms with Crippen LogP contribution in [0.15, 0.2) is 65.3 Å². The molecule has 1 N–H and O–H groups in total. The summed E-state index contributed by atoms with van der Waals surface area (Å²) in [7, 11) is 1.82. The Morgan fingerprint density at radius 3 is 2.47 bits per heavy atom. The summed E-state index contributed by atoms with van der Waals surface area (Å²) >= 11 is 1.30. The zero-order valence-corrected chi connectivity index (χ0v) is 25.2. The number of nitrogens with one attached hydrogen (secondary N) is 1. The van der Waals surface area contributed by atoms with Crippen LogP contribution < -0.4 is 10.2 Å². The van der Waals surface area contributed by atoms with Crippen molar-refractivity contribution in [2.24, 2.45) is 4.99 Å². The van der Waals surface area contributed by atoms with Gasteiger partial charge in [0.1, 0.15) is 17.5 Å². The van der Waals surface area contributed by atoms with Crippen LogP contribution in [0.2, 0.25) is 0 Å². The van der Waals surface area contributed by atoms with E-state index in [9.17, 15) is 22.4 Å². The van der Waals surface area contributed by atoms with Gasteiger partial charge in [0.25, 0.3) is 0 Å². The molecule has 2 aromatic rings. The molecule has 0 radical (unpaired) electrons. The first-order valence-corrected chi connectivity index (χ1v) is 15.1. The Bertz CT molecular complexity index is 1430. The van der Waals surface area contributed by atoms with Gasteiger partial charge in [-0.05, 0) is 50.7 Å². The zero-order valence-electron chi connectivity index (χ0n) is 24.4. The van der Waals surface area contributed by atoms with E-state index in [1.54, 1.807) is 4.90 Å². The number of hydrogen-bond donors (Lipinski definition) is 1. The number of carbonyl (C=O) groups excluding carboxylic acids is 1. The predicted octanol–water partition coefficient (Wildman–Crippen LogP) is 5.37. The molecule has 3 aliphatic heterocycles. The highest BCUT2D eigenvalue weighted by atomic mass is 32.2. The minimum Gasteiger partial charge on any atom is -0.374 e. The highest BCUT2D eigenvalue weighted by Gasteiger charge is 2.43. The Labute approximate surface area is 253 Å². The number of rotatable bonds is 6. The number of carbonyl (C=O) groups is 1. The maximum Gasteiger partial charge on any atom is 0.417 e. The Morgan fingerprint density at radius 1 is 1.19 bits per heavy atom. The van der Waals surface area contributed by atoms with E-state index in [-0.39, 0.29) is 35.2 Å². The molecule has 0 saturated carbocycles. The summed E-state index contributed by atoms with van der Waals surface area (Å²) < 4.78 is 64.7. The molecule has 12 heteroatoms. The molecule has 0 aliphatic carbocycles. The molecule has 43 heavy (non-hydrogen) atoms. The van der Waals surface area contributed by atoms with Crippen LogP contribution in [0, 0.1) is 5.82 Å². The number of hydrogen-bond acceptors (Lipinski definition) is 7. The third-order valence-corrected chi connectivity index (χ3v) is 9.13. The van der Waals surface area contributed by atoms with Gasteiger partial charge in [-0.1, -0.05) is 25.3 Å². The van der Waals surface area contributed by atoms with E-state index in [2.05, 4.69) is 18.5 Å². The first-order valence-electron chi connectivity index (χ1n) is 14.1. The smallest absolute Gasteiger partial charge is 0.374 e. The molecular formula is C31H35F4N5O2S. The van der Waals surface area contributed by atoms with Crippen molar-refractivity contribution in [1.82, 2.24) is 15.1 Å². The maximum absolute atomic E-state index is 14.9. The molecule has 3 aliphatic rings. The van der Waals surface area contributed by atoms with Crippen LogP contribution in [0.4, 0.5) is 23.2 Å². The van der Waals surface area contributed by atoms with Crippen LogP contribution in [0.5, 0.6) is 0 Å². The number of halogens is 4. The van der Waals surface area contributed by atoms with E-state index in [0.717, 1.165) is 6.07 Å². The minimum atomic E-state index is -4.70. The van der Waals surface area contributed by atoms with Gasteiger partial charge in [0, 0.05) is 53.5 Å². The van der Waals surface area contributed by atoms with Gasteiger partial charge in [-0.15, -0.1) is 11.8 Å². The molecule has 0 bridgehead atoms.